The molecule has 9 nitrogen and oxygen atoms in total. The van der Waals surface area contributed by atoms with E-state index in [1.165, 1.54) is 0 Å². The zero-order valence-electron chi connectivity index (χ0n) is 20.2. The molecule has 0 spiro atoms. The number of benzene rings is 2. The van der Waals surface area contributed by atoms with E-state index >= 15 is 0 Å². The van der Waals surface area contributed by atoms with E-state index in [-0.39, 0.29) is 6.61 Å². The van der Waals surface area contributed by atoms with Gasteiger partial charge in [-0.15, -0.1) is 0 Å². The molecule has 0 amide bonds. The van der Waals surface area contributed by atoms with Gasteiger partial charge in [-0.2, -0.15) is 5.10 Å². The number of aryl methyl sites for hydroxylation is 1. The third-order valence-electron chi connectivity index (χ3n) is 5.76. The maximum absolute atomic E-state index is 9.61. The maximum atomic E-state index is 9.61. The molecule has 1 aliphatic rings. The lowest BCUT2D eigenvalue weighted by Crippen LogP contribution is -2.16. The molecule has 9 heteroatoms. The number of nitrogens with zero attached hydrogens (tertiary/aromatic N) is 5. The molecule has 4 aromatic rings. The van der Waals surface area contributed by atoms with Crippen molar-refractivity contribution in [3.8, 4) is 22.8 Å². The van der Waals surface area contributed by atoms with Gasteiger partial charge in [0.25, 0.3) is 0 Å². The van der Waals surface area contributed by atoms with E-state index in [0.29, 0.717) is 11.5 Å². The summed E-state index contributed by atoms with van der Waals surface area (Å²) in [6.07, 6.45) is 12.9. The average Bonchev–Trinajstić information content (AvgIpc) is 3.37. The molecule has 1 aliphatic heterocycles. The number of allylic oxidation sites excluding steroid dienone is 1. The first-order valence-corrected chi connectivity index (χ1v) is 11.3. The molecule has 0 bridgehead atoms. The van der Waals surface area contributed by atoms with Crippen LogP contribution in [0.25, 0.3) is 22.3 Å². The zero-order valence-corrected chi connectivity index (χ0v) is 20.2. The van der Waals surface area contributed by atoms with Crippen LogP contribution in [0.1, 0.15) is 0 Å². The van der Waals surface area contributed by atoms with Crippen molar-refractivity contribution in [1.29, 1.82) is 0 Å². The molecule has 2 N–H and O–H groups in total. The van der Waals surface area contributed by atoms with Crippen molar-refractivity contribution in [2.24, 2.45) is 7.05 Å². The largest absolute Gasteiger partial charge is 0.497 e. The van der Waals surface area contributed by atoms with Crippen molar-refractivity contribution in [2.75, 3.05) is 25.7 Å². The first-order chi connectivity index (χ1) is 17.6. The van der Waals surface area contributed by atoms with Gasteiger partial charge in [0.1, 0.15) is 11.5 Å². The van der Waals surface area contributed by atoms with Crippen LogP contribution in [0, 0.1) is 0 Å². The van der Waals surface area contributed by atoms with Crippen LogP contribution in [0.2, 0.25) is 0 Å². The minimum Gasteiger partial charge on any atom is -0.497 e. The summed E-state index contributed by atoms with van der Waals surface area (Å²) >= 11 is 0. The standard InChI is InChI=1S/C27H26N6O3/c1-32-15-19(13-30-32)27-14-29-25-5-4-21(11-26(25)31-27)33(16-20-8-18(17-34)6-7-28-20)22-9-23(35-2)12-24(10-22)36-3/h4-16,28,34H,17H2,1-3H3. The molecule has 2 aromatic carbocycles. The van der Waals surface area contributed by atoms with Gasteiger partial charge < -0.3 is 24.8 Å². The Labute approximate surface area is 208 Å². The minimum atomic E-state index is -0.0504. The van der Waals surface area contributed by atoms with Crippen LogP contribution in [0.5, 0.6) is 11.5 Å². The fourth-order valence-electron chi connectivity index (χ4n) is 3.92. The number of rotatable bonds is 7. The summed E-state index contributed by atoms with van der Waals surface area (Å²) in [6.45, 7) is -0.0504. The van der Waals surface area contributed by atoms with Crippen molar-refractivity contribution >= 4 is 22.4 Å². The molecule has 0 aliphatic carbocycles. The van der Waals surface area contributed by atoms with Crippen molar-refractivity contribution < 1.29 is 14.6 Å². The molecule has 0 fully saturated rings. The second-order valence-corrected chi connectivity index (χ2v) is 8.21. The molecule has 5 rings (SSSR count). The number of aromatic nitrogens is 4. The highest BCUT2D eigenvalue weighted by molar-refractivity contribution is 5.83. The number of anilines is 2. The van der Waals surface area contributed by atoms with Crippen LogP contribution < -0.4 is 19.7 Å². The van der Waals surface area contributed by atoms with Gasteiger partial charge in [-0.05, 0) is 35.9 Å². The van der Waals surface area contributed by atoms with E-state index < -0.39 is 0 Å². The van der Waals surface area contributed by atoms with Crippen molar-refractivity contribution in [3.05, 3.63) is 90.8 Å². The SMILES string of the molecule is COc1cc(OC)cc(N(C=C2C=C(CO)C=CN2)c2ccc3ncc(-c4cnn(C)c4)nc3c2)c1. The zero-order chi connectivity index (χ0) is 25.1. The second-order valence-electron chi connectivity index (χ2n) is 8.21. The van der Waals surface area contributed by atoms with Gasteiger partial charge in [-0.3, -0.25) is 9.67 Å². The Kier molecular flexibility index (Phi) is 6.38. The second kappa shape index (κ2) is 9.93. The quantitative estimate of drug-likeness (QED) is 0.407. The fourth-order valence-corrected chi connectivity index (χ4v) is 3.92. The maximum Gasteiger partial charge on any atom is 0.124 e. The first kappa shape index (κ1) is 23.1. The van der Waals surface area contributed by atoms with E-state index in [9.17, 15) is 5.11 Å². The fraction of sp³-hybridized carbons (Fsp3) is 0.148. The van der Waals surface area contributed by atoms with E-state index in [1.54, 1.807) is 37.5 Å². The molecule has 0 saturated heterocycles. The molecule has 0 saturated carbocycles. The summed E-state index contributed by atoms with van der Waals surface area (Å²) in [6, 6.07) is 11.6. The predicted molar refractivity (Wildman–Crippen MR) is 139 cm³/mol. The monoisotopic (exact) mass is 482 g/mol. The third-order valence-corrected chi connectivity index (χ3v) is 5.76. The van der Waals surface area contributed by atoms with Crippen LogP contribution in [0.15, 0.2) is 90.8 Å². The Balaban J connectivity index is 1.64. The summed E-state index contributed by atoms with van der Waals surface area (Å²) in [5.41, 5.74) is 6.46. The Hall–Kier alpha value is -4.63. The van der Waals surface area contributed by atoms with Crippen molar-refractivity contribution in [3.63, 3.8) is 0 Å². The number of aliphatic hydroxyl groups excluding tert-OH is 1. The van der Waals surface area contributed by atoms with E-state index in [0.717, 1.165) is 44.9 Å². The number of nitrogens with one attached hydrogen (secondary N) is 1. The van der Waals surface area contributed by atoms with Gasteiger partial charge in [-0.25, -0.2) is 4.98 Å². The minimum absolute atomic E-state index is 0.0504. The van der Waals surface area contributed by atoms with E-state index in [2.05, 4.69) is 15.4 Å². The Morgan fingerprint density at radius 3 is 2.53 bits per heavy atom. The number of ether oxygens (including phenoxy) is 2. The molecule has 0 radical (unpaired) electrons. The Bertz CT molecular complexity index is 1480. The third kappa shape index (κ3) is 4.77. The average molecular weight is 483 g/mol. The Morgan fingerprint density at radius 1 is 1.03 bits per heavy atom. The number of methoxy groups -OCH3 is 2. The van der Waals surface area contributed by atoms with Gasteiger partial charge in [0.05, 0.1) is 61.3 Å². The lowest BCUT2D eigenvalue weighted by Gasteiger charge is -2.24. The summed E-state index contributed by atoms with van der Waals surface area (Å²) in [5.74, 6) is 1.32. The van der Waals surface area contributed by atoms with Gasteiger partial charge in [-0.1, -0.05) is 0 Å². The predicted octanol–water partition coefficient (Wildman–Crippen LogP) is 4.06. The molecular weight excluding hydrogens is 456 g/mol. The number of dihydropyridines is 1. The van der Waals surface area contributed by atoms with Gasteiger partial charge >= 0.3 is 0 Å². The molecule has 0 atom stereocenters. The highest BCUT2D eigenvalue weighted by Gasteiger charge is 2.15. The van der Waals surface area contributed by atoms with E-state index in [1.807, 2.05) is 72.9 Å². The summed E-state index contributed by atoms with van der Waals surface area (Å²) < 4.78 is 12.8. The van der Waals surface area contributed by atoms with Crippen LogP contribution in [-0.2, 0) is 7.05 Å². The van der Waals surface area contributed by atoms with Crippen LogP contribution in [0.3, 0.4) is 0 Å². The number of hydrogen-bond donors (Lipinski definition) is 2. The summed E-state index contributed by atoms with van der Waals surface area (Å²) in [4.78, 5) is 11.5. The van der Waals surface area contributed by atoms with Gasteiger partial charge in [0.15, 0.2) is 0 Å². The summed E-state index contributed by atoms with van der Waals surface area (Å²) in [5, 5.41) is 17.1. The lowest BCUT2D eigenvalue weighted by atomic mass is 10.1. The molecule has 3 heterocycles. The molecule has 36 heavy (non-hydrogen) atoms. The molecule has 0 unspecified atom stereocenters. The lowest BCUT2D eigenvalue weighted by molar-refractivity contribution is 0.334. The van der Waals surface area contributed by atoms with Gasteiger partial charge in [0.2, 0.25) is 0 Å². The number of fused-ring (bicyclic) bond motifs is 1. The highest BCUT2D eigenvalue weighted by Crippen LogP contribution is 2.35. The molecule has 182 valence electrons. The normalized spacial score (nSPS) is 14.0. The molecular formula is C27H26N6O3. The number of hydrogen-bond acceptors (Lipinski definition) is 8. The van der Waals surface area contributed by atoms with Crippen molar-refractivity contribution in [1.82, 2.24) is 25.1 Å². The highest BCUT2D eigenvalue weighted by atomic mass is 16.5. The summed E-state index contributed by atoms with van der Waals surface area (Å²) in [7, 11) is 5.11. The van der Waals surface area contributed by atoms with Gasteiger partial charge in [0, 0.05) is 55.1 Å². The van der Waals surface area contributed by atoms with Crippen LogP contribution in [0.4, 0.5) is 11.4 Å². The number of aliphatic hydroxyl groups is 1. The topological polar surface area (TPSA) is 97.6 Å². The van der Waals surface area contributed by atoms with Crippen molar-refractivity contribution in [2.45, 2.75) is 0 Å². The van der Waals surface area contributed by atoms with Crippen LogP contribution >= 0.6 is 0 Å². The van der Waals surface area contributed by atoms with E-state index in [4.69, 9.17) is 14.5 Å². The smallest absolute Gasteiger partial charge is 0.124 e. The first-order valence-electron chi connectivity index (χ1n) is 11.3. The Morgan fingerprint density at radius 2 is 1.83 bits per heavy atom. The van der Waals surface area contributed by atoms with Crippen LogP contribution in [-0.4, -0.2) is 45.7 Å². The molecule has 2 aromatic heterocycles.